The van der Waals surface area contributed by atoms with E-state index in [1.165, 1.54) is 4.57 Å². The molecule has 0 radical (unpaired) electrons. The van der Waals surface area contributed by atoms with Gasteiger partial charge < -0.3 is 10.4 Å². The number of nitrogens with zero attached hydrogens (tertiary/aromatic N) is 2. The Labute approximate surface area is 220 Å². The summed E-state index contributed by atoms with van der Waals surface area (Å²) in [5.74, 6) is -1.09. The van der Waals surface area contributed by atoms with Crippen LogP contribution in [-0.4, -0.2) is 26.5 Å². The van der Waals surface area contributed by atoms with Crippen LogP contribution in [0, 0.1) is 0 Å². The Morgan fingerprint density at radius 1 is 0.892 bits per heavy atom. The second kappa shape index (κ2) is 10.2. The predicted octanol–water partition coefficient (Wildman–Crippen LogP) is 5.82. The Bertz CT molecular complexity index is 1680. The van der Waals surface area contributed by atoms with Crippen LogP contribution in [0.3, 0.4) is 0 Å². The molecule has 0 saturated carbocycles. The zero-order valence-electron chi connectivity index (χ0n) is 19.4. The van der Waals surface area contributed by atoms with Crippen molar-refractivity contribution in [3.05, 3.63) is 129 Å². The van der Waals surface area contributed by atoms with E-state index in [2.05, 4.69) is 26.2 Å². The summed E-state index contributed by atoms with van der Waals surface area (Å²) in [6.45, 7) is 0.0223. The lowest BCUT2D eigenvalue weighted by Crippen LogP contribution is -2.28. The molecule has 0 aliphatic rings. The normalized spacial score (nSPS) is 10.8. The number of fused-ring (bicyclic) bond motifs is 1. The number of anilines is 1. The first kappa shape index (κ1) is 24.1. The van der Waals surface area contributed by atoms with E-state index >= 15 is 0 Å². The molecule has 182 valence electrons. The number of carboxylic acids is 1. The van der Waals surface area contributed by atoms with Crippen molar-refractivity contribution in [3.8, 4) is 11.1 Å². The van der Waals surface area contributed by atoms with Gasteiger partial charge in [0.25, 0.3) is 11.5 Å². The smallest absolute Gasteiger partial charge is 0.353 e. The number of carboxylic acid groups (broad SMARTS) is 1. The molecule has 1 amide bonds. The van der Waals surface area contributed by atoms with E-state index in [-0.39, 0.29) is 18.1 Å². The standard InChI is InChI=1S/C29H20BrN3O4/c30-21-13-14-22-23(16-21)25(19-6-2-1-3-7-19)26(29(36)37)33(28(22)35)17-18-9-11-20(12-10-18)27(34)32-24-8-4-5-15-31-24/h1-16H,17H2,(H,36,37)(H,31,32,34). The van der Waals surface area contributed by atoms with E-state index in [9.17, 15) is 19.5 Å². The third-order valence-corrected chi connectivity index (χ3v) is 6.45. The fraction of sp³-hybridized carbons (Fsp3) is 0.0345. The lowest BCUT2D eigenvalue weighted by molar-refractivity contribution is 0.0685. The lowest BCUT2D eigenvalue weighted by Gasteiger charge is -2.18. The molecular weight excluding hydrogens is 534 g/mol. The Hall–Kier alpha value is -4.56. The highest BCUT2D eigenvalue weighted by molar-refractivity contribution is 9.10. The maximum Gasteiger partial charge on any atom is 0.353 e. The number of halogens is 1. The Balaban J connectivity index is 1.58. The summed E-state index contributed by atoms with van der Waals surface area (Å²) in [4.78, 5) is 42.8. The van der Waals surface area contributed by atoms with Gasteiger partial charge in [0, 0.05) is 27.2 Å². The second-order valence-electron chi connectivity index (χ2n) is 8.34. The van der Waals surface area contributed by atoms with E-state index in [0.29, 0.717) is 38.8 Å². The maximum absolute atomic E-state index is 13.5. The number of aromatic nitrogens is 2. The minimum absolute atomic E-state index is 0.0223. The molecule has 0 aliphatic heterocycles. The predicted molar refractivity (Wildman–Crippen MR) is 146 cm³/mol. The number of benzene rings is 3. The van der Waals surface area contributed by atoms with Crippen molar-refractivity contribution in [1.29, 1.82) is 0 Å². The minimum atomic E-state index is -1.20. The molecule has 0 spiro atoms. The quantitative estimate of drug-likeness (QED) is 0.275. The molecule has 8 heteroatoms. The average molecular weight is 554 g/mol. The first-order chi connectivity index (χ1) is 17.9. The lowest BCUT2D eigenvalue weighted by atomic mass is 9.96. The molecule has 3 aromatic carbocycles. The van der Waals surface area contributed by atoms with Crippen LogP contribution in [0.4, 0.5) is 5.82 Å². The molecule has 0 aliphatic carbocycles. The number of amides is 1. The van der Waals surface area contributed by atoms with Crippen molar-refractivity contribution >= 4 is 44.4 Å². The van der Waals surface area contributed by atoms with E-state index in [1.807, 2.05) is 30.3 Å². The highest BCUT2D eigenvalue weighted by atomic mass is 79.9. The van der Waals surface area contributed by atoms with Gasteiger partial charge in [0.2, 0.25) is 0 Å². The van der Waals surface area contributed by atoms with Crippen molar-refractivity contribution in [2.45, 2.75) is 6.54 Å². The zero-order valence-corrected chi connectivity index (χ0v) is 21.0. The number of pyridine rings is 2. The van der Waals surface area contributed by atoms with Crippen LogP contribution in [0.2, 0.25) is 0 Å². The molecule has 5 rings (SSSR count). The van der Waals surface area contributed by atoms with Crippen molar-refractivity contribution in [1.82, 2.24) is 9.55 Å². The third-order valence-electron chi connectivity index (χ3n) is 5.96. The van der Waals surface area contributed by atoms with Crippen molar-refractivity contribution < 1.29 is 14.7 Å². The molecule has 0 fully saturated rings. The second-order valence-corrected chi connectivity index (χ2v) is 9.26. The summed E-state index contributed by atoms with van der Waals surface area (Å²) in [6, 6.07) is 26.3. The fourth-order valence-electron chi connectivity index (χ4n) is 4.26. The average Bonchev–Trinajstić information content (AvgIpc) is 2.91. The zero-order chi connectivity index (χ0) is 25.9. The van der Waals surface area contributed by atoms with Crippen LogP contribution < -0.4 is 10.9 Å². The number of carbonyl (C=O) groups is 2. The van der Waals surface area contributed by atoms with Gasteiger partial charge in [-0.25, -0.2) is 9.78 Å². The SMILES string of the molecule is O=C(Nc1ccccn1)c1ccc(Cn2c(C(=O)O)c(-c3ccccc3)c3cc(Br)ccc3c2=O)cc1. The molecule has 7 nitrogen and oxygen atoms in total. The Morgan fingerprint density at radius 2 is 1.62 bits per heavy atom. The van der Waals surface area contributed by atoms with Crippen LogP contribution in [0.5, 0.6) is 0 Å². The van der Waals surface area contributed by atoms with Gasteiger partial charge in [-0.2, -0.15) is 0 Å². The number of carbonyl (C=O) groups excluding carboxylic acids is 1. The summed E-state index contributed by atoms with van der Waals surface area (Å²) in [6.07, 6.45) is 1.59. The summed E-state index contributed by atoms with van der Waals surface area (Å²) < 4.78 is 2.02. The minimum Gasteiger partial charge on any atom is -0.477 e. The Kier molecular flexibility index (Phi) is 6.66. The summed E-state index contributed by atoms with van der Waals surface area (Å²) in [5.41, 5.74) is 1.74. The maximum atomic E-state index is 13.5. The van der Waals surface area contributed by atoms with Gasteiger partial charge in [-0.15, -0.1) is 0 Å². The van der Waals surface area contributed by atoms with Gasteiger partial charge in [-0.3, -0.25) is 14.2 Å². The van der Waals surface area contributed by atoms with Gasteiger partial charge in [0.1, 0.15) is 11.5 Å². The molecule has 0 saturated heterocycles. The fourth-order valence-corrected chi connectivity index (χ4v) is 4.62. The summed E-state index contributed by atoms with van der Waals surface area (Å²) in [5, 5.41) is 14.0. The molecule has 37 heavy (non-hydrogen) atoms. The number of rotatable bonds is 6. The molecule has 2 aromatic heterocycles. The van der Waals surface area contributed by atoms with Crippen molar-refractivity contribution in [3.63, 3.8) is 0 Å². The number of hydrogen-bond donors (Lipinski definition) is 2. The molecule has 5 aromatic rings. The van der Waals surface area contributed by atoms with Crippen LogP contribution in [-0.2, 0) is 6.54 Å². The Morgan fingerprint density at radius 3 is 2.30 bits per heavy atom. The van der Waals surface area contributed by atoms with Crippen LogP contribution >= 0.6 is 15.9 Å². The van der Waals surface area contributed by atoms with E-state index in [0.717, 1.165) is 4.47 Å². The summed E-state index contributed by atoms with van der Waals surface area (Å²) >= 11 is 3.44. The largest absolute Gasteiger partial charge is 0.477 e. The van der Waals surface area contributed by atoms with E-state index < -0.39 is 11.5 Å². The van der Waals surface area contributed by atoms with Gasteiger partial charge in [0.05, 0.1) is 6.54 Å². The monoisotopic (exact) mass is 553 g/mol. The molecule has 0 atom stereocenters. The van der Waals surface area contributed by atoms with Gasteiger partial charge in [-0.1, -0.05) is 64.5 Å². The highest BCUT2D eigenvalue weighted by Crippen LogP contribution is 2.32. The van der Waals surface area contributed by atoms with Crippen molar-refractivity contribution in [2.75, 3.05) is 5.32 Å². The van der Waals surface area contributed by atoms with Gasteiger partial charge in [-0.05, 0) is 59.0 Å². The van der Waals surface area contributed by atoms with Crippen LogP contribution in [0.15, 0.2) is 106 Å². The number of nitrogens with one attached hydrogen (secondary N) is 1. The molecule has 0 bridgehead atoms. The topological polar surface area (TPSA) is 101 Å². The van der Waals surface area contributed by atoms with Gasteiger partial charge >= 0.3 is 5.97 Å². The van der Waals surface area contributed by atoms with Crippen LogP contribution in [0.25, 0.3) is 21.9 Å². The molecule has 2 N–H and O–H groups in total. The third kappa shape index (κ3) is 4.92. The number of hydrogen-bond acceptors (Lipinski definition) is 4. The highest BCUT2D eigenvalue weighted by Gasteiger charge is 2.23. The number of aromatic carboxylic acids is 1. The van der Waals surface area contributed by atoms with Crippen LogP contribution in [0.1, 0.15) is 26.4 Å². The summed E-state index contributed by atoms with van der Waals surface area (Å²) in [7, 11) is 0. The van der Waals surface area contributed by atoms with Gasteiger partial charge in [0.15, 0.2) is 0 Å². The first-order valence-electron chi connectivity index (χ1n) is 11.4. The van der Waals surface area contributed by atoms with E-state index in [4.69, 9.17) is 0 Å². The first-order valence-corrected chi connectivity index (χ1v) is 12.2. The molecule has 2 heterocycles. The van der Waals surface area contributed by atoms with E-state index in [1.54, 1.807) is 66.9 Å². The molecule has 0 unspecified atom stereocenters. The molecular formula is C29H20BrN3O4. The van der Waals surface area contributed by atoms with Crippen molar-refractivity contribution in [2.24, 2.45) is 0 Å².